The van der Waals surface area contributed by atoms with Crippen molar-refractivity contribution in [3.05, 3.63) is 30.3 Å². The Labute approximate surface area is 111 Å². The Kier molecular flexibility index (Phi) is 3.22. The van der Waals surface area contributed by atoms with Crippen molar-refractivity contribution in [3.63, 3.8) is 0 Å². The Morgan fingerprint density at radius 3 is 2.58 bits per heavy atom. The topological polar surface area (TPSA) is 88.7 Å². The van der Waals surface area contributed by atoms with Crippen molar-refractivity contribution in [2.45, 2.75) is 30.7 Å². The van der Waals surface area contributed by atoms with E-state index in [9.17, 15) is 15.3 Å². The van der Waals surface area contributed by atoms with E-state index in [1.807, 2.05) is 30.3 Å². The summed E-state index contributed by atoms with van der Waals surface area (Å²) in [6.07, 6.45) is -1.37. The number of fused-ring (bicyclic) bond motifs is 1. The molecule has 1 aromatic rings. The number of aliphatic hydroxyl groups excluding tert-OH is 3. The third-order valence-electron chi connectivity index (χ3n) is 3.97. The van der Waals surface area contributed by atoms with Gasteiger partial charge in [-0.15, -0.1) is 0 Å². The lowest BCUT2D eigenvalue weighted by Gasteiger charge is -2.39. The molecule has 3 rings (SSSR count). The standard InChI is InChI=1S/C13H17N3O3/c17-7-8-6-10-11(13(19)12(8)18)14-15-16(10)9-4-2-1-3-5-9/h1-5,8,10-13,17-19H,6-7H2/t8-,10?,11?,12?,13-/m1/s1. The van der Waals surface area contributed by atoms with E-state index in [-0.39, 0.29) is 18.6 Å². The Bertz CT molecular complexity index is 467. The van der Waals surface area contributed by atoms with Crippen LogP contribution in [0.5, 0.6) is 0 Å². The average molecular weight is 263 g/mol. The molecule has 3 N–H and O–H groups in total. The van der Waals surface area contributed by atoms with Crippen LogP contribution in [-0.4, -0.2) is 46.2 Å². The van der Waals surface area contributed by atoms with E-state index in [4.69, 9.17) is 0 Å². The summed E-state index contributed by atoms with van der Waals surface area (Å²) < 4.78 is 0. The van der Waals surface area contributed by atoms with E-state index >= 15 is 0 Å². The van der Waals surface area contributed by atoms with Crippen molar-refractivity contribution < 1.29 is 15.3 Å². The number of para-hydroxylation sites is 1. The Morgan fingerprint density at radius 2 is 1.89 bits per heavy atom. The largest absolute Gasteiger partial charge is 0.396 e. The van der Waals surface area contributed by atoms with Crippen LogP contribution in [0.1, 0.15) is 6.42 Å². The Hall–Kier alpha value is -1.50. The molecule has 6 nitrogen and oxygen atoms in total. The van der Waals surface area contributed by atoms with E-state index in [0.717, 1.165) is 5.69 Å². The van der Waals surface area contributed by atoms with Crippen molar-refractivity contribution in [3.8, 4) is 0 Å². The van der Waals surface area contributed by atoms with Gasteiger partial charge in [-0.05, 0) is 18.6 Å². The summed E-state index contributed by atoms with van der Waals surface area (Å²) in [6, 6.07) is 9.05. The highest BCUT2D eigenvalue weighted by Gasteiger charge is 2.48. The van der Waals surface area contributed by atoms with Gasteiger partial charge in [0.15, 0.2) is 0 Å². The van der Waals surface area contributed by atoms with Gasteiger partial charge in [0.2, 0.25) is 0 Å². The molecule has 0 radical (unpaired) electrons. The maximum atomic E-state index is 10.1. The molecular weight excluding hydrogens is 246 g/mol. The number of nitrogens with zero attached hydrogens (tertiary/aromatic N) is 3. The minimum absolute atomic E-state index is 0.113. The average Bonchev–Trinajstić information content (AvgIpc) is 2.87. The van der Waals surface area contributed by atoms with Gasteiger partial charge in [-0.1, -0.05) is 23.4 Å². The van der Waals surface area contributed by atoms with Crippen LogP contribution in [0, 0.1) is 5.92 Å². The van der Waals surface area contributed by atoms with Gasteiger partial charge in [0, 0.05) is 12.5 Å². The zero-order valence-electron chi connectivity index (χ0n) is 10.4. The van der Waals surface area contributed by atoms with E-state index < -0.39 is 18.2 Å². The van der Waals surface area contributed by atoms with Gasteiger partial charge in [-0.3, -0.25) is 0 Å². The summed E-state index contributed by atoms with van der Waals surface area (Å²) in [7, 11) is 0. The normalized spacial score (nSPS) is 37.4. The highest BCUT2D eigenvalue weighted by Crippen LogP contribution is 2.37. The predicted molar refractivity (Wildman–Crippen MR) is 68.6 cm³/mol. The lowest BCUT2D eigenvalue weighted by atomic mass is 9.78. The van der Waals surface area contributed by atoms with Crippen molar-refractivity contribution >= 4 is 5.69 Å². The molecule has 1 fully saturated rings. The third-order valence-corrected chi connectivity index (χ3v) is 3.97. The molecule has 19 heavy (non-hydrogen) atoms. The quantitative estimate of drug-likeness (QED) is 0.718. The summed E-state index contributed by atoms with van der Waals surface area (Å²) >= 11 is 0. The van der Waals surface area contributed by atoms with Crippen molar-refractivity contribution in [2.75, 3.05) is 11.6 Å². The van der Waals surface area contributed by atoms with Gasteiger partial charge in [0.25, 0.3) is 0 Å². The van der Waals surface area contributed by atoms with Gasteiger partial charge >= 0.3 is 0 Å². The molecule has 0 saturated heterocycles. The van der Waals surface area contributed by atoms with Gasteiger partial charge in [0.05, 0.1) is 17.8 Å². The molecule has 1 aliphatic heterocycles. The zero-order chi connectivity index (χ0) is 13.4. The number of benzene rings is 1. The van der Waals surface area contributed by atoms with Crippen LogP contribution >= 0.6 is 0 Å². The molecule has 0 aromatic heterocycles. The van der Waals surface area contributed by atoms with E-state index in [2.05, 4.69) is 10.3 Å². The first-order valence-corrected chi connectivity index (χ1v) is 6.44. The van der Waals surface area contributed by atoms with Crippen LogP contribution in [0.25, 0.3) is 0 Å². The molecule has 2 aliphatic rings. The van der Waals surface area contributed by atoms with Crippen LogP contribution in [0.4, 0.5) is 5.69 Å². The molecule has 1 saturated carbocycles. The fourth-order valence-electron chi connectivity index (χ4n) is 2.88. The van der Waals surface area contributed by atoms with Crippen LogP contribution in [0.3, 0.4) is 0 Å². The summed E-state index contributed by atoms with van der Waals surface area (Å²) in [4.78, 5) is 0. The first kappa shape index (κ1) is 12.5. The molecule has 0 amide bonds. The smallest absolute Gasteiger partial charge is 0.124 e. The molecule has 6 heteroatoms. The van der Waals surface area contributed by atoms with Gasteiger partial charge in [0.1, 0.15) is 12.1 Å². The minimum atomic E-state index is -0.978. The molecule has 5 atom stereocenters. The summed E-state index contributed by atoms with van der Waals surface area (Å²) in [5.41, 5.74) is 0.902. The molecule has 1 aromatic carbocycles. The first-order chi connectivity index (χ1) is 9.22. The molecule has 1 heterocycles. The van der Waals surface area contributed by atoms with Gasteiger partial charge in [-0.2, -0.15) is 5.11 Å². The molecule has 0 bridgehead atoms. The maximum absolute atomic E-state index is 10.1. The zero-order valence-corrected chi connectivity index (χ0v) is 10.4. The van der Waals surface area contributed by atoms with E-state index in [1.54, 1.807) is 5.01 Å². The van der Waals surface area contributed by atoms with Crippen molar-refractivity contribution in [2.24, 2.45) is 16.3 Å². The van der Waals surface area contributed by atoms with Gasteiger partial charge < -0.3 is 15.3 Å². The summed E-state index contributed by atoms with van der Waals surface area (Å²) in [5.74, 6) is -0.342. The predicted octanol–water partition coefficient (Wildman–Crippen LogP) is 0.345. The SMILES string of the molecule is OC[C@H]1CC2C(N=NN2c2ccccc2)[C@@H](O)C1O. The monoisotopic (exact) mass is 263 g/mol. The molecule has 102 valence electrons. The van der Waals surface area contributed by atoms with Crippen molar-refractivity contribution in [1.29, 1.82) is 0 Å². The van der Waals surface area contributed by atoms with Gasteiger partial charge in [-0.25, -0.2) is 5.01 Å². The number of aliphatic hydroxyl groups is 3. The molecular formula is C13H17N3O3. The second-order valence-electron chi connectivity index (χ2n) is 5.10. The van der Waals surface area contributed by atoms with Crippen LogP contribution in [0.15, 0.2) is 40.7 Å². The number of hydrogen-bond acceptors (Lipinski definition) is 6. The number of hydrogen-bond donors (Lipinski definition) is 3. The molecule has 0 spiro atoms. The second-order valence-corrected chi connectivity index (χ2v) is 5.10. The lowest BCUT2D eigenvalue weighted by molar-refractivity contribution is -0.0706. The Balaban J connectivity index is 1.86. The van der Waals surface area contributed by atoms with E-state index in [0.29, 0.717) is 6.42 Å². The maximum Gasteiger partial charge on any atom is 0.124 e. The van der Waals surface area contributed by atoms with E-state index in [1.165, 1.54) is 0 Å². The minimum Gasteiger partial charge on any atom is -0.396 e. The third kappa shape index (κ3) is 2.01. The summed E-state index contributed by atoms with van der Waals surface area (Å²) in [6.45, 7) is -0.149. The fraction of sp³-hybridized carbons (Fsp3) is 0.538. The van der Waals surface area contributed by atoms with Crippen molar-refractivity contribution in [1.82, 2.24) is 0 Å². The van der Waals surface area contributed by atoms with Crippen LogP contribution in [-0.2, 0) is 0 Å². The lowest BCUT2D eigenvalue weighted by Crippen LogP contribution is -2.55. The van der Waals surface area contributed by atoms with Crippen LogP contribution < -0.4 is 5.01 Å². The summed E-state index contributed by atoms with van der Waals surface area (Å²) in [5, 5.41) is 39.2. The first-order valence-electron chi connectivity index (χ1n) is 6.44. The highest BCUT2D eigenvalue weighted by atomic mass is 16.3. The Morgan fingerprint density at radius 1 is 1.16 bits per heavy atom. The highest BCUT2D eigenvalue weighted by molar-refractivity contribution is 5.47. The van der Waals surface area contributed by atoms with Crippen LogP contribution in [0.2, 0.25) is 0 Å². The fourth-order valence-corrected chi connectivity index (χ4v) is 2.88. The number of anilines is 1. The number of rotatable bonds is 2. The molecule has 3 unspecified atom stereocenters. The molecule has 1 aliphatic carbocycles. The second kappa shape index (κ2) is 4.88.